The van der Waals surface area contributed by atoms with Crippen LogP contribution in [-0.2, 0) is 0 Å². The molecule has 1 aromatic heterocycles. The number of hydrogen-bond acceptors (Lipinski definition) is 5. The third-order valence-electron chi connectivity index (χ3n) is 3.36. The van der Waals surface area contributed by atoms with Crippen LogP contribution in [0.1, 0.15) is 12.2 Å². The minimum absolute atomic E-state index is 0.295. The summed E-state index contributed by atoms with van der Waals surface area (Å²) < 4.78 is 18.9. The van der Waals surface area contributed by atoms with E-state index >= 15 is 0 Å². The number of benzene rings is 1. The lowest BCUT2D eigenvalue weighted by molar-refractivity contribution is 0.218. The van der Waals surface area contributed by atoms with E-state index < -0.39 is 0 Å². The Balaban J connectivity index is 1.51. The number of nitrogens with zero attached hydrogens (tertiary/aromatic N) is 4. The first kappa shape index (κ1) is 13.7. The zero-order valence-corrected chi connectivity index (χ0v) is 11.5. The summed E-state index contributed by atoms with van der Waals surface area (Å²) in [5, 5.41) is 14.0. The van der Waals surface area contributed by atoms with Crippen molar-refractivity contribution in [2.45, 2.75) is 6.42 Å². The monoisotopic (exact) mass is 289 g/mol. The van der Waals surface area contributed by atoms with Gasteiger partial charge in [-0.25, -0.2) is 4.39 Å². The molecule has 1 aliphatic heterocycles. The van der Waals surface area contributed by atoms with Crippen LogP contribution in [0.3, 0.4) is 0 Å². The number of aromatic nitrogens is 4. The van der Waals surface area contributed by atoms with E-state index in [1.54, 1.807) is 18.2 Å². The molecular formula is C14H16FN5O. The van der Waals surface area contributed by atoms with E-state index in [1.807, 2.05) is 0 Å². The molecule has 2 aromatic rings. The first-order valence-corrected chi connectivity index (χ1v) is 6.85. The van der Waals surface area contributed by atoms with Gasteiger partial charge < -0.3 is 4.74 Å². The summed E-state index contributed by atoms with van der Waals surface area (Å²) in [7, 11) is 0. The maximum Gasteiger partial charge on any atom is 0.201 e. The minimum atomic E-state index is -0.330. The van der Waals surface area contributed by atoms with Crippen LogP contribution in [0.4, 0.5) is 4.39 Å². The number of rotatable bonds is 5. The Kier molecular flexibility index (Phi) is 4.20. The Bertz CT molecular complexity index is 614. The summed E-state index contributed by atoms with van der Waals surface area (Å²) in [4.78, 5) is 2.23. The lowest BCUT2D eigenvalue weighted by Gasteiger charge is -2.25. The molecule has 1 aromatic carbocycles. The van der Waals surface area contributed by atoms with Gasteiger partial charge in [0.15, 0.2) is 11.6 Å². The second-order valence-corrected chi connectivity index (χ2v) is 4.81. The third kappa shape index (κ3) is 3.43. The van der Waals surface area contributed by atoms with E-state index in [0.29, 0.717) is 18.2 Å². The van der Waals surface area contributed by atoms with Crippen LogP contribution < -0.4 is 4.74 Å². The number of halogens is 1. The highest BCUT2D eigenvalue weighted by molar-refractivity contribution is 5.61. The van der Waals surface area contributed by atoms with Crippen molar-refractivity contribution in [2.24, 2.45) is 0 Å². The molecule has 110 valence electrons. The summed E-state index contributed by atoms with van der Waals surface area (Å²) in [6.07, 6.45) is 3.06. The van der Waals surface area contributed by atoms with Gasteiger partial charge in [-0.1, -0.05) is 18.2 Å². The molecule has 7 heteroatoms. The Morgan fingerprint density at radius 2 is 2.24 bits per heavy atom. The molecule has 0 saturated carbocycles. The van der Waals surface area contributed by atoms with Crippen molar-refractivity contribution in [3.05, 3.63) is 42.0 Å². The zero-order chi connectivity index (χ0) is 14.5. The minimum Gasteiger partial charge on any atom is -0.489 e. The van der Waals surface area contributed by atoms with E-state index in [9.17, 15) is 4.39 Å². The number of H-pyrrole nitrogens is 1. The van der Waals surface area contributed by atoms with Crippen LogP contribution in [0, 0.1) is 5.82 Å². The molecule has 0 unspecified atom stereocenters. The zero-order valence-electron chi connectivity index (χ0n) is 11.5. The molecule has 0 bridgehead atoms. The van der Waals surface area contributed by atoms with Gasteiger partial charge in [0, 0.05) is 25.2 Å². The normalized spacial score (nSPS) is 15.8. The van der Waals surface area contributed by atoms with Crippen molar-refractivity contribution in [3.63, 3.8) is 0 Å². The Labute approximate surface area is 121 Å². The second kappa shape index (κ2) is 6.45. The molecule has 0 fully saturated rings. The van der Waals surface area contributed by atoms with Gasteiger partial charge in [-0.15, -0.1) is 10.2 Å². The lowest BCUT2D eigenvalue weighted by Crippen LogP contribution is -2.33. The molecule has 0 spiro atoms. The van der Waals surface area contributed by atoms with Gasteiger partial charge >= 0.3 is 0 Å². The maximum atomic E-state index is 13.4. The third-order valence-corrected chi connectivity index (χ3v) is 3.36. The lowest BCUT2D eigenvalue weighted by atomic mass is 10.1. The Morgan fingerprint density at radius 1 is 1.33 bits per heavy atom. The SMILES string of the molecule is Fc1ccccc1OCCN1CCC=C(c2nn[nH]n2)C1. The van der Waals surface area contributed by atoms with Crippen LogP contribution in [-0.4, -0.2) is 51.8 Å². The summed E-state index contributed by atoms with van der Waals surface area (Å²) in [6.45, 7) is 2.87. The fourth-order valence-electron chi connectivity index (χ4n) is 2.30. The van der Waals surface area contributed by atoms with Crippen molar-refractivity contribution in [3.8, 4) is 5.75 Å². The maximum absolute atomic E-state index is 13.4. The molecule has 6 nitrogen and oxygen atoms in total. The van der Waals surface area contributed by atoms with Crippen LogP contribution in [0.15, 0.2) is 30.3 Å². The molecule has 0 radical (unpaired) electrons. The van der Waals surface area contributed by atoms with E-state index in [1.165, 1.54) is 6.07 Å². The van der Waals surface area contributed by atoms with Gasteiger partial charge in [0.25, 0.3) is 0 Å². The van der Waals surface area contributed by atoms with Crippen molar-refractivity contribution >= 4 is 5.57 Å². The summed E-state index contributed by atoms with van der Waals surface area (Å²) in [5.74, 6) is 0.599. The highest BCUT2D eigenvalue weighted by atomic mass is 19.1. The van der Waals surface area contributed by atoms with Crippen molar-refractivity contribution in [2.75, 3.05) is 26.2 Å². The molecule has 0 aliphatic carbocycles. The topological polar surface area (TPSA) is 66.9 Å². The van der Waals surface area contributed by atoms with E-state index in [4.69, 9.17) is 4.74 Å². The number of aromatic amines is 1. The molecule has 0 amide bonds. The molecule has 2 heterocycles. The summed E-state index contributed by atoms with van der Waals surface area (Å²) in [5.41, 5.74) is 1.06. The van der Waals surface area contributed by atoms with Crippen LogP contribution in [0.5, 0.6) is 5.75 Å². The number of tetrazole rings is 1. The predicted octanol–water partition coefficient (Wildman–Crippen LogP) is 1.51. The van der Waals surface area contributed by atoms with Gasteiger partial charge in [0.1, 0.15) is 6.61 Å². The van der Waals surface area contributed by atoms with Crippen molar-refractivity contribution < 1.29 is 9.13 Å². The smallest absolute Gasteiger partial charge is 0.201 e. The first-order valence-electron chi connectivity index (χ1n) is 6.85. The van der Waals surface area contributed by atoms with Gasteiger partial charge in [-0.2, -0.15) is 5.21 Å². The Morgan fingerprint density at radius 3 is 3.05 bits per heavy atom. The summed E-state index contributed by atoms with van der Waals surface area (Å²) >= 11 is 0. The molecule has 1 N–H and O–H groups in total. The van der Waals surface area contributed by atoms with Crippen molar-refractivity contribution in [1.82, 2.24) is 25.5 Å². The quantitative estimate of drug-likeness (QED) is 0.903. The fraction of sp³-hybridized carbons (Fsp3) is 0.357. The molecule has 1 aliphatic rings. The highest BCUT2D eigenvalue weighted by Gasteiger charge is 2.16. The van der Waals surface area contributed by atoms with Crippen molar-refractivity contribution in [1.29, 1.82) is 0 Å². The van der Waals surface area contributed by atoms with Gasteiger partial charge in [-0.05, 0) is 23.8 Å². The number of nitrogens with one attached hydrogen (secondary N) is 1. The van der Waals surface area contributed by atoms with Gasteiger partial charge in [-0.3, -0.25) is 4.90 Å². The second-order valence-electron chi connectivity index (χ2n) is 4.81. The van der Waals surface area contributed by atoms with Gasteiger partial charge in [0.05, 0.1) is 0 Å². The standard InChI is InChI=1S/C14H16FN5O/c15-12-5-1-2-6-13(12)21-9-8-20-7-3-4-11(10-20)14-16-18-19-17-14/h1-2,4-6H,3,7-10H2,(H,16,17,18,19). The fourth-order valence-corrected chi connectivity index (χ4v) is 2.30. The van der Waals surface area contributed by atoms with Crippen LogP contribution in [0.2, 0.25) is 0 Å². The van der Waals surface area contributed by atoms with Crippen LogP contribution in [0.25, 0.3) is 5.57 Å². The van der Waals surface area contributed by atoms with Gasteiger partial charge in [0.2, 0.25) is 5.82 Å². The molecular weight excluding hydrogens is 273 g/mol. The summed E-state index contributed by atoms with van der Waals surface area (Å²) in [6, 6.07) is 6.44. The molecule has 0 atom stereocenters. The number of hydrogen-bond donors (Lipinski definition) is 1. The molecule has 21 heavy (non-hydrogen) atoms. The predicted molar refractivity (Wildman–Crippen MR) is 75.1 cm³/mol. The average Bonchev–Trinajstić information content (AvgIpc) is 3.04. The van der Waals surface area contributed by atoms with E-state index in [0.717, 1.165) is 31.6 Å². The van der Waals surface area contributed by atoms with E-state index in [-0.39, 0.29) is 5.82 Å². The number of ether oxygens (including phenoxy) is 1. The van der Waals surface area contributed by atoms with E-state index in [2.05, 4.69) is 31.6 Å². The molecule has 3 rings (SSSR count). The average molecular weight is 289 g/mol. The Hall–Kier alpha value is -2.28. The largest absolute Gasteiger partial charge is 0.489 e. The highest BCUT2D eigenvalue weighted by Crippen LogP contribution is 2.18. The first-order chi connectivity index (χ1) is 10.3. The van der Waals surface area contributed by atoms with Crippen LogP contribution >= 0.6 is 0 Å². The molecule has 0 saturated heterocycles. The number of para-hydroxylation sites is 1.